The molecule has 1 aromatic carbocycles. The number of carbonyl (C=O) groups is 2. The molecule has 30 heavy (non-hydrogen) atoms. The predicted octanol–water partition coefficient (Wildman–Crippen LogP) is 0.863. The number of aliphatic hydroxyl groups excluding tert-OH is 1. The van der Waals surface area contributed by atoms with Gasteiger partial charge in [0.25, 0.3) is 5.91 Å². The number of aliphatic hydroxyl groups is 1. The van der Waals surface area contributed by atoms with E-state index in [4.69, 9.17) is 21.1 Å². The van der Waals surface area contributed by atoms with Gasteiger partial charge in [-0.2, -0.15) is 4.98 Å². The van der Waals surface area contributed by atoms with E-state index < -0.39 is 29.6 Å². The summed E-state index contributed by atoms with van der Waals surface area (Å²) in [5.74, 6) is -1.65. The van der Waals surface area contributed by atoms with Gasteiger partial charge in [-0.25, -0.2) is 4.98 Å². The van der Waals surface area contributed by atoms with Gasteiger partial charge in [-0.1, -0.05) is 11.6 Å². The van der Waals surface area contributed by atoms with Crippen LogP contribution in [0.1, 0.15) is 17.5 Å². The van der Waals surface area contributed by atoms with Crippen LogP contribution in [-0.2, 0) is 15.1 Å². The molecular formula is C19H19ClN4O6. The second-order valence-corrected chi connectivity index (χ2v) is 7.47. The van der Waals surface area contributed by atoms with E-state index in [2.05, 4.69) is 15.3 Å². The smallest absolute Gasteiger partial charge is 0.321 e. The number of nitrogens with zero attached hydrogens (tertiary/aromatic N) is 3. The van der Waals surface area contributed by atoms with Gasteiger partial charge >= 0.3 is 12.0 Å². The zero-order chi connectivity index (χ0) is 21.6. The highest BCUT2D eigenvalue weighted by atomic mass is 35.5. The number of aromatic nitrogens is 2. The normalized spacial score (nSPS) is 25.7. The summed E-state index contributed by atoms with van der Waals surface area (Å²) in [7, 11) is 2.76. The number of benzene rings is 1. The number of ether oxygens (including phenoxy) is 2. The van der Waals surface area contributed by atoms with Crippen molar-refractivity contribution < 1.29 is 29.3 Å². The fourth-order valence-electron chi connectivity index (χ4n) is 4.24. The number of amides is 1. The minimum atomic E-state index is -1.68. The lowest BCUT2D eigenvalue weighted by Gasteiger charge is -2.39. The third kappa shape index (κ3) is 2.87. The first-order valence-corrected chi connectivity index (χ1v) is 9.45. The Bertz CT molecular complexity index is 1030. The number of carbonyl (C=O) groups excluding carboxylic acids is 1. The number of anilines is 1. The van der Waals surface area contributed by atoms with Crippen LogP contribution in [-0.4, -0.2) is 69.9 Å². The van der Waals surface area contributed by atoms with Gasteiger partial charge in [0, 0.05) is 35.4 Å². The zero-order valence-electron chi connectivity index (χ0n) is 16.1. The number of aliphatic carboxylic acids is 1. The van der Waals surface area contributed by atoms with Gasteiger partial charge in [0.1, 0.15) is 6.04 Å². The van der Waals surface area contributed by atoms with Crippen LogP contribution in [0.15, 0.2) is 24.4 Å². The number of halogens is 1. The lowest BCUT2D eigenvalue weighted by Crippen LogP contribution is -2.56. The highest BCUT2D eigenvalue weighted by molar-refractivity contribution is 6.31. The Hall–Kier alpha value is -2.95. The fraction of sp³-hybridized carbons (Fsp3) is 0.368. The number of likely N-dealkylation sites (tertiary alicyclic amines) is 1. The number of hydrogen-bond acceptors (Lipinski definition) is 8. The van der Waals surface area contributed by atoms with Gasteiger partial charge in [-0.3, -0.25) is 14.5 Å². The van der Waals surface area contributed by atoms with Gasteiger partial charge < -0.3 is 25.0 Å². The molecule has 2 aliphatic heterocycles. The van der Waals surface area contributed by atoms with E-state index in [-0.39, 0.29) is 30.4 Å². The van der Waals surface area contributed by atoms with Crippen LogP contribution < -0.4 is 14.8 Å². The molecule has 1 amide bonds. The standard InChI is InChI=1S/C19H19ClN4O6/c1-29-15-12(7-21-18(23-15)30-2)19(24-8-10(25)6-14(24)16(26)27)11-5-9(20)3-4-13(11)22-17(19)28/h3-5,7,10,14,25H,6,8H2,1-2H3,(H,22,28)(H,26,27)/t10-,14+,19?/m1/s1. The molecule has 3 atom stereocenters. The molecule has 1 fully saturated rings. The Morgan fingerprint density at radius 2 is 2.10 bits per heavy atom. The van der Waals surface area contributed by atoms with E-state index in [0.717, 1.165) is 0 Å². The van der Waals surface area contributed by atoms with Crippen molar-refractivity contribution in [1.29, 1.82) is 0 Å². The van der Waals surface area contributed by atoms with Crippen LogP contribution in [0.3, 0.4) is 0 Å². The summed E-state index contributed by atoms with van der Waals surface area (Å²) in [4.78, 5) is 35.3. The van der Waals surface area contributed by atoms with Crippen molar-refractivity contribution in [3.63, 3.8) is 0 Å². The summed E-state index contributed by atoms with van der Waals surface area (Å²) >= 11 is 6.24. The van der Waals surface area contributed by atoms with E-state index >= 15 is 0 Å². The predicted molar refractivity (Wildman–Crippen MR) is 105 cm³/mol. The first-order chi connectivity index (χ1) is 14.3. The molecule has 1 unspecified atom stereocenters. The molecule has 0 spiro atoms. The SMILES string of the molecule is COc1ncc(C2(N3C[C@H](O)C[C@H]3C(=O)O)C(=O)Nc3ccc(Cl)cc32)c(OC)n1. The summed E-state index contributed by atoms with van der Waals surface area (Å²) in [6.45, 7) is -0.0640. The number of nitrogens with one attached hydrogen (secondary N) is 1. The maximum absolute atomic E-state index is 13.5. The molecule has 0 saturated carbocycles. The van der Waals surface area contributed by atoms with E-state index in [1.54, 1.807) is 18.2 Å². The van der Waals surface area contributed by atoms with Gasteiger partial charge in [0.05, 0.1) is 25.9 Å². The average Bonchev–Trinajstić information content (AvgIpc) is 3.25. The van der Waals surface area contributed by atoms with Crippen LogP contribution in [0.25, 0.3) is 0 Å². The largest absolute Gasteiger partial charge is 0.481 e. The second kappa shape index (κ2) is 7.38. The van der Waals surface area contributed by atoms with Crippen molar-refractivity contribution >= 4 is 29.2 Å². The lowest BCUT2D eigenvalue weighted by molar-refractivity contribution is -0.145. The minimum absolute atomic E-state index is 0.0201. The van der Waals surface area contributed by atoms with Gasteiger partial charge in [-0.15, -0.1) is 0 Å². The van der Waals surface area contributed by atoms with Crippen LogP contribution in [0.5, 0.6) is 11.9 Å². The maximum atomic E-state index is 13.5. The molecule has 0 bridgehead atoms. The van der Waals surface area contributed by atoms with Crippen molar-refractivity contribution in [2.45, 2.75) is 24.1 Å². The van der Waals surface area contributed by atoms with Gasteiger partial charge in [-0.05, 0) is 18.2 Å². The van der Waals surface area contributed by atoms with Crippen molar-refractivity contribution in [3.8, 4) is 11.9 Å². The molecule has 158 valence electrons. The molecular weight excluding hydrogens is 416 g/mol. The quantitative estimate of drug-likeness (QED) is 0.626. The highest BCUT2D eigenvalue weighted by Crippen LogP contribution is 2.51. The van der Waals surface area contributed by atoms with Crippen molar-refractivity contribution in [3.05, 3.63) is 40.5 Å². The molecule has 2 aromatic rings. The first-order valence-electron chi connectivity index (χ1n) is 9.07. The Kier molecular flexibility index (Phi) is 5.00. The Labute approximate surface area is 176 Å². The maximum Gasteiger partial charge on any atom is 0.321 e. The van der Waals surface area contributed by atoms with E-state index in [1.807, 2.05) is 0 Å². The molecule has 1 saturated heterocycles. The molecule has 3 N–H and O–H groups in total. The third-order valence-electron chi connectivity index (χ3n) is 5.44. The summed E-state index contributed by atoms with van der Waals surface area (Å²) in [5.41, 5.74) is -0.580. The monoisotopic (exact) mass is 434 g/mol. The third-order valence-corrected chi connectivity index (χ3v) is 5.68. The Balaban J connectivity index is 2.05. The summed E-state index contributed by atoms with van der Waals surface area (Å²) < 4.78 is 10.5. The highest BCUT2D eigenvalue weighted by Gasteiger charge is 2.60. The number of carboxylic acid groups (broad SMARTS) is 1. The molecule has 2 aliphatic rings. The van der Waals surface area contributed by atoms with E-state index in [9.17, 15) is 19.8 Å². The molecule has 0 radical (unpaired) electrons. The van der Waals surface area contributed by atoms with E-state index in [0.29, 0.717) is 16.3 Å². The zero-order valence-corrected chi connectivity index (χ0v) is 16.9. The topological polar surface area (TPSA) is 134 Å². The molecule has 4 rings (SSSR count). The average molecular weight is 435 g/mol. The molecule has 11 heteroatoms. The first kappa shape index (κ1) is 20.3. The molecule has 0 aliphatic carbocycles. The number of rotatable bonds is 5. The van der Waals surface area contributed by atoms with Crippen LogP contribution in [0, 0.1) is 0 Å². The number of hydrogen-bond donors (Lipinski definition) is 3. The minimum Gasteiger partial charge on any atom is -0.481 e. The van der Waals surface area contributed by atoms with Crippen molar-refractivity contribution in [2.24, 2.45) is 0 Å². The summed E-state index contributed by atoms with van der Waals surface area (Å²) in [5, 5.41) is 23.3. The molecule has 10 nitrogen and oxygen atoms in total. The molecule has 1 aromatic heterocycles. The lowest BCUT2D eigenvalue weighted by atomic mass is 9.82. The Morgan fingerprint density at radius 3 is 2.77 bits per heavy atom. The number of methoxy groups -OCH3 is 2. The van der Waals surface area contributed by atoms with Crippen LogP contribution >= 0.6 is 11.6 Å². The summed E-state index contributed by atoms with van der Waals surface area (Å²) in [6, 6.07) is 3.72. The van der Waals surface area contributed by atoms with Crippen LogP contribution in [0.4, 0.5) is 5.69 Å². The van der Waals surface area contributed by atoms with Crippen molar-refractivity contribution in [1.82, 2.24) is 14.9 Å². The molecule has 3 heterocycles. The van der Waals surface area contributed by atoms with Crippen molar-refractivity contribution in [2.75, 3.05) is 26.1 Å². The van der Waals surface area contributed by atoms with Gasteiger partial charge in [0.2, 0.25) is 5.88 Å². The number of carboxylic acids is 1. The fourth-order valence-corrected chi connectivity index (χ4v) is 4.41. The number of β-amino-alcohol motifs (C(OH)–C–C–N with tert-alkyl or cyclic N) is 1. The second-order valence-electron chi connectivity index (χ2n) is 7.03. The summed E-state index contributed by atoms with van der Waals surface area (Å²) in [6.07, 6.45) is 0.382. The Morgan fingerprint density at radius 1 is 1.33 bits per heavy atom. The number of fused-ring (bicyclic) bond motifs is 1. The van der Waals surface area contributed by atoms with Crippen LogP contribution in [0.2, 0.25) is 5.02 Å². The van der Waals surface area contributed by atoms with E-state index in [1.165, 1.54) is 25.3 Å². The van der Waals surface area contributed by atoms with Gasteiger partial charge in [0.15, 0.2) is 5.54 Å².